The lowest BCUT2D eigenvalue weighted by Gasteiger charge is -2.13. The lowest BCUT2D eigenvalue weighted by atomic mass is 10.2. The number of nitrogens with one attached hydrogen (secondary N) is 1. The second kappa shape index (κ2) is 9.94. The van der Waals surface area contributed by atoms with E-state index in [4.69, 9.17) is 9.72 Å². The summed E-state index contributed by atoms with van der Waals surface area (Å²) in [5.41, 5.74) is 5.03. The fourth-order valence-corrected chi connectivity index (χ4v) is 4.66. The summed E-state index contributed by atoms with van der Waals surface area (Å²) in [5.74, 6) is 0.466. The summed E-state index contributed by atoms with van der Waals surface area (Å²) in [6.07, 6.45) is 0. The van der Waals surface area contributed by atoms with Crippen LogP contribution in [0.25, 0.3) is 16.7 Å². The van der Waals surface area contributed by atoms with Gasteiger partial charge >= 0.3 is 0 Å². The number of para-hydroxylation sites is 3. The first kappa shape index (κ1) is 22.6. The summed E-state index contributed by atoms with van der Waals surface area (Å²) in [5, 5.41) is 13.5. The van der Waals surface area contributed by atoms with E-state index < -0.39 is 0 Å². The average Bonchev–Trinajstić information content (AvgIpc) is 3.30. The second-order valence-corrected chi connectivity index (χ2v) is 8.52. The molecule has 0 fully saturated rings. The zero-order valence-electron chi connectivity index (χ0n) is 18.8. The SMILES string of the molecule is COCCn1c(SCC(=O)Nc2c(C#N)c(C)c(C)n2-c2ccccc2)nc2ccccc21. The fourth-order valence-electron chi connectivity index (χ4n) is 3.82. The van der Waals surface area contributed by atoms with Crippen LogP contribution in [0.3, 0.4) is 0 Å². The van der Waals surface area contributed by atoms with E-state index >= 15 is 0 Å². The molecular formula is C25H25N5O2S. The largest absolute Gasteiger partial charge is 0.383 e. The molecule has 1 N–H and O–H groups in total. The Kier molecular flexibility index (Phi) is 6.82. The van der Waals surface area contributed by atoms with Gasteiger partial charge in [0.05, 0.1) is 29.0 Å². The molecule has 2 aromatic carbocycles. The van der Waals surface area contributed by atoms with Gasteiger partial charge in [-0.05, 0) is 43.7 Å². The molecule has 0 saturated heterocycles. The minimum absolute atomic E-state index is 0.166. The molecule has 4 rings (SSSR count). The summed E-state index contributed by atoms with van der Waals surface area (Å²) in [6.45, 7) is 5.05. The highest BCUT2D eigenvalue weighted by Crippen LogP contribution is 2.30. The number of carbonyl (C=O) groups excluding carboxylic acids is 1. The summed E-state index contributed by atoms with van der Waals surface area (Å²) < 4.78 is 9.24. The molecule has 0 radical (unpaired) electrons. The van der Waals surface area contributed by atoms with Crippen LogP contribution in [0.4, 0.5) is 5.82 Å². The van der Waals surface area contributed by atoms with Gasteiger partial charge in [-0.15, -0.1) is 0 Å². The molecule has 1 amide bonds. The van der Waals surface area contributed by atoms with Crippen LogP contribution in [0.15, 0.2) is 59.8 Å². The summed E-state index contributed by atoms with van der Waals surface area (Å²) in [7, 11) is 1.66. The zero-order chi connectivity index (χ0) is 23.4. The summed E-state index contributed by atoms with van der Waals surface area (Å²) in [4.78, 5) is 17.7. The normalized spacial score (nSPS) is 11.0. The molecule has 33 heavy (non-hydrogen) atoms. The third-order valence-electron chi connectivity index (χ3n) is 5.57. The van der Waals surface area contributed by atoms with Gasteiger partial charge < -0.3 is 14.6 Å². The number of fused-ring (bicyclic) bond motifs is 1. The van der Waals surface area contributed by atoms with Crippen molar-refractivity contribution >= 4 is 34.5 Å². The van der Waals surface area contributed by atoms with Crippen molar-refractivity contribution in [2.24, 2.45) is 0 Å². The first-order chi connectivity index (χ1) is 16.0. The number of ether oxygens (including phenoxy) is 1. The number of carbonyl (C=O) groups is 1. The Balaban J connectivity index is 1.59. The summed E-state index contributed by atoms with van der Waals surface area (Å²) in [6, 6.07) is 19.9. The van der Waals surface area contributed by atoms with E-state index in [9.17, 15) is 10.1 Å². The fraction of sp³-hybridized carbons (Fsp3) is 0.240. The molecule has 0 bridgehead atoms. The monoisotopic (exact) mass is 459 g/mol. The van der Waals surface area contributed by atoms with E-state index in [1.807, 2.05) is 73.0 Å². The number of benzene rings is 2. The van der Waals surface area contributed by atoms with Gasteiger partial charge in [0.15, 0.2) is 5.16 Å². The number of hydrogen-bond acceptors (Lipinski definition) is 5. The third kappa shape index (κ3) is 4.51. The maximum absolute atomic E-state index is 13.0. The lowest BCUT2D eigenvalue weighted by Crippen LogP contribution is -2.18. The molecular weight excluding hydrogens is 434 g/mol. The highest BCUT2D eigenvalue weighted by molar-refractivity contribution is 7.99. The Morgan fingerprint density at radius 1 is 1.15 bits per heavy atom. The van der Waals surface area contributed by atoms with E-state index in [0.29, 0.717) is 24.5 Å². The number of nitriles is 1. The number of amides is 1. The molecule has 0 aliphatic heterocycles. The van der Waals surface area contributed by atoms with Crippen molar-refractivity contribution in [2.75, 3.05) is 24.8 Å². The van der Waals surface area contributed by atoms with Gasteiger partial charge in [-0.25, -0.2) is 4.98 Å². The summed E-state index contributed by atoms with van der Waals surface area (Å²) >= 11 is 1.37. The quantitative estimate of drug-likeness (QED) is 0.386. The van der Waals surface area contributed by atoms with Crippen LogP contribution in [-0.4, -0.2) is 39.5 Å². The zero-order valence-corrected chi connectivity index (χ0v) is 19.6. The van der Waals surface area contributed by atoms with E-state index in [0.717, 1.165) is 33.1 Å². The minimum atomic E-state index is -0.198. The molecule has 0 aliphatic carbocycles. The Morgan fingerprint density at radius 2 is 1.88 bits per heavy atom. The van der Waals surface area contributed by atoms with Gasteiger partial charge in [0.25, 0.3) is 0 Å². The smallest absolute Gasteiger partial charge is 0.236 e. The maximum atomic E-state index is 13.0. The molecule has 2 heterocycles. The van der Waals surface area contributed by atoms with Crippen molar-refractivity contribution in [3.8, 4) is 11.8 Å². The first-order valence-corrected chi connectivity index (χ1v) is 11.6. The number of thioether (sulfide) groups is 1. The Hall–Kier alpha value is -3.54. The third-order valence-corrected chi connectivity index (χ3v) is 6.54. The predicted octanol–water partition coefficient (Wildman–Crippen LogP) is 4.69. The van der Waals surface area contributed by atoms with Crippen molar-refractivity contribution in [1.29, 1.82) is 5.26 Å². The molecule has 168 valence electrons. The molecule has 0 atom stereocenters. The van der Waals surface area contributed by atoms with Crippen LogP contribution >= 0.6 is 11.8 Å². The van der Waals surface area contributed by atoms with Crippen molar-refractivity contribution in [2.45, 2.75) is 25.5 Å². The first-order valence-electron chi connectivity index (χ1n) is 10.6. The van der Waals surface area contributed by atoms with E-state index in [-0.39, 0.29) is 11.7 Å². The number of hydrogen-bond donors (Lipinski definition) is 1. The Morgan fingerprint density at radius 3 is 2.61 bits per heavy atom. The van der Waals surface area contributed by atoms with Gasteiger partial charge in [0.2, 0.25) is 5.91 Å². The van der Waals surface area contributed by atoms with Crippen molar-refractivity contribution in [3.63, 3.8) is 0 Å². The highest BCUT2D eigenvalue weighted by atomic mass is 32.2. The molecule has 0 aliphatic rings. The molecule has 8 heteroatoms. The number of methoxy groups -OCH3 is 1. The van der Waals surface area contributed by atoms with E-state index in [1.54, 1.807) is 7.11 Å². The number of aromatic nitrogens is 3. The maximum Gasteiger partial charge on any atom is 0.236 e. The van der Waals surface area contributed by atoms with Crippen LogP contribution < -0.4 is 5.32 Å². The van der Waals surface area contributed by atoms with E-state index in [2.05, 4.69) is 16.0 Å². The molecule has 2 aromatic heterocycles. The van der Waals surface area contributed by atoms with Crippen LogP contribution in [0.2, 0.25) is 0 Å². The number of anilines is 1. The number of imidazole rings is 1. The molecule has 0 spiro atoms. The van der Waals surface area contributed by atoms with Crippen molar-refractivity contribution in [1.82, 2.24) is 14.1 Å². The van der Waals surface area contributed by atoms with Crippen molar-refractivity contribution in [3.05, 3.63) is 71.4 Å². The van der Waals surface area contributed by atoms with Gasteiger partial charge in [0.1, 0.15) is 11.9 Å². The predicted molar refractivity (Wildman–Crippen MR) is 131 cm³/mol. The number of nitrogens with zero attached hydrogens (tertiary/aromatic N) is 4. The lowest BCUT2D eigenvalue weighted by molar-refractivity contribution is -0.113. The molecule has 7 nitrogen and oxygen atoms in total. The van der Waals surface area contributed by atoms with Crippen LogP contribution in [0.1, 0.15) is 16.8 Å². The van der Waals surface area contributed by atoms with Gasteiger partial charge in [-0.2, -0.15) is 5.26 Å². The van der Waals surface area contributed by atoms with Crippen LogP contribution in [0.5, 0.6) is 0 Å². The van der Waals surface area contributed by atoms with Gasteiger partial charge in [-0.3, -0.25) is 9.36 Å². The Bertz CT molecular complexity index is 1330. The van der Waals surface area contributed by atoms with E-state index in [1.165, 1.54) is 11.8 Å². The Labute approximate surface area is 197 Å². The van der Waals surface area contributed by atoms with Crippen molar-refractivity contribution < 1.29 is 9.53 Å². The van der Waals surface area contributed by atoms with Crippen LogP contribution in [0, 0.1) is 25.2 Å². The molecule has 0 unspecified atom stereocenters. The topological polar surface area (TPSA) is 84.9 Å². The minimum Gasteiger partial charge on any atom is -0.383 e. The average molecular weight is 460 g/mol. The molecule has 4 aromatic rings. The number of rotatable bonds is 8. The van der Waals surface area contributed by atoms with Gasteiger partial charge in [-0.1, -0.05) is 42.1 Å². The van der Waals surface area contributed by atoms with Gasteiger partial charge in [0, 0.05) is 25.0 Å². The highest BCUT2D eigenvalue weighted by Gasteiger charge is 2.21. The van der Waals surface area contributed by atoms with Crippen LogP contribution in [-0.2, 0) is 16.1 Å². The standard InChI is InChI=1S/C25H25N5O2S/c1-17-18(2)30(19-9-5-4-6-10-19)24(20(17)15-26)28-23(31)16-33-25-27-21-11-7-8-12-22(21)29(25)13-14-32-3/h4-12H,13-14,16H2,1-3H3,(H,28,31). The second-order valence-electron chi connectivity index (χ2n) is 7.58. The molecule has 0 saturated carbocycles.